The number of fused-ring (bicyclic) bond motifs is 1. The van der Waals surface area contributed by atoms with Gasteiger partial charge in [-0.3, -0.25) is 0 Å². The molecule has 1 heterocycles. The fourth-order valence-corrected chi connectivity index (χ4v) is 1.30. The Morgan fingerprint density at radius 2 is 1.86 bits per heavy atom. The molecule has 72 valence electrons. The number of ether oxygens (including phenoxy) is 1. The molecule has 1 atom stereocenters. The monoisotopic (exact) mass is 193 g/mol. The normalized spacial score (nSPS) is 16.4. The number of hydrogen-bond donors (Lipinski definition) is 1. The minimum Gasteiger partial charge on any atom is -0.629 e. The van der Waals surface area contributed by atoms with E-state index in [0.29, 0.717) is 5.69 Å². The minimum absolute atomic E-state index is 0.153. The number of cyclic esters (lactones) is 2. The molecule has 1 aromatic rings. The van der Waals surface area contributed by atoms with Gasteiger partial charge >= 0.3 is 11.9 Å². The van der Waals surface area contributed by atoms with E-state index in [1.807, 2.05) is 0 Å². The van der Waals surface area contributed by atoms with E-state index in [1.165, 1.54) is 25.2 Å². The molecular formula is C9H7NO4. The number of benzene rings is 1. The maximum Gasteiger partial charge on any atom is 0.347 e. The first-order valence-corrected chi connectivity index (χ1v) is 4.01. The van der Waals surface area contributed by atoms with Crippen molar-refractivity contribution in [1.29, 1.82) is 0 Å². The third-order valence-electron chi connectivity index (χ3n) is 2.05. The van der Waals surface area contributed by atoms with E-state index in [1.54, 1.807) is 0 Å². The van der Waals surface area contributed by atoms with Gasteiger partial charge in [-0.15, -0.1) is 0 Å². The van der Waals surface area contributed by atoms with Gasteiger partial charge in [0.2, 0.25) is 0 Å². The molecular weight excluding hydrogens is 186 g/mol. The molecule has 14 heavy (non-hydrogen) atoms. The molecule has 0 aliphatic carbocycles. The van der Waals surface area contributed by atoms with Crippen LogP contribution in [0, 0.1) is 5.21 Å². The van der Waals surface area contributed by atoms with E-state index in [9.17, 15) is 14.8 Å². The average molecular weight is 193 g/mol. The zero-order valence-corrected chi connectivity index (χ0v) is 7.37. The first kappa shape index (κ1) is 8.86. The van der Waals surface area contributed by atoms with E-state index >= 15 is 0 Å². The van der Waals surface area contributed by atoms with Gasteiger partial charge in [0.1, 0.15) is 5.69 Å². The number of carbonyl (C=O) groups is 2. The van der Waals surface area contributed by atoms with Gasteiger partial charge in [0.05, 0.1) is 18.2 Å². The minimum atomic E-state index is -0.687. The molecule has 0 bridgehead atoms. The number of quaternary nitrogens is 1. The average Bonchev–Trinajstić information content (AvgIpc) is 2.42. The predicted octanol–water partition coefficient (Wildman–Crippen LogP) is -0.359. The molecule has 0 saturated heterocycles. The van der Waals surface area contributed by atoms with E-state index in [2.05, 4.69) is 4.74 Å². The van der Waals surface area contributed by atoms with Crippen molar-refractivity contribution in [2.24, 2.45) is 0 Å². The highest BCUT2D eigenvalue weighted by Crippen LogP contribution is 2.21. The quantitative estimate of drug-likeness (QED) is 0.375. The largest absolute Gasteiger partial charge is 0.629 e. The van der Waals surface area contributed by atoms with Crippen LogP contribution >= 0.6 is 0 Å². The van der Waals surface area contributed by atoms with Crippen molar-refractivity contribution in [3.8, 4) is 0 Å². The molecule has 0 spiro atoms. The maximum absolute atomic E-state index is 11.1. The van der Waals surface area contributed by atoms with Crippen LogP contribution in [0.5, 0.6) is 0 Å². The third kappa shape index (κ3) is 1.19. The van der Waals surface area contributed by atoms with Crippen LogP contribution in [0.2, 0.25) is 0 Å². The number of rotatable bonds is 1. The van der Waals surface area contributed by atoms with Crippen molar-refractivity contribution < 1.29 is 19.4 Å². The Hall–Kier alpha value is -1.72. The van der Waals surface area contributed by atoms with E-state index in [-0.39, 0.29) is 16.2 Å². The van der Waals surface area contributed by atoms with Gasteiger partial charge in [-0.2, -0.15) is 0 Å². The molecule has 1 unspecified atom stereocenters. The molecule has 0 saturated carbocycles. The van der Waals surface area contributed by atoms with Crippen LogP contribution in [0.25, 0.3) is 0 Å². The molecule has 1 aliphatic heterocycles. The lowest BCUT2D eigenvalue weighted by Crippen LogP contribution is -2.98. The maximum atomic E-state index is 11.1. The van der Waals surface area contributed by atoms with Gasteiger partial charge in [0.15, 0.2) is 0 Å². The van der Waals surface area contributed by atoms with Crippen LogP contribution in [-0.4, -0.2) is 19.0 Å². The molecule has 0 radical (unpaired) electrons. The van der Waals surface area contributed by atoms with Crippen LogP contribution < -0.4 is 5.06 Å². The Labute approximate surface area is 79.5 Å². The van der Waals surface area contributed by atoms with Crippen molar-refractivity contribution in [3.05, 3.63) is 34.5 Å². The first-order valence-electron chi connectivity index (χ1n) is 4.01. The van der Waals surface area contributed by atoms with Gasteiger partial charge in [-0.1, -0.05) is 0 Å². The van der Waals surface area contributed by atoms with Gasteiger partial charge in [-0.05, 0) is 6.07 Å². The van der Waals surface area contributed by atoms with Crippen LogP contribution in [0.1, 0.15) is 20.7 Å². The Morgan fingerprint density at radius 3 is 2.50 bits per heavy atom. The van der Waals surface area contributed by atoms with E-state index in [0.717, 1.165) is 0 Å². The summed E-state index contributed by atoms with van der Waals surface area (Å²) in [6.45, 7) is 0. The smallest absolute Gasteiger partial charge is 0.347 e. The lowest BCUT2D eigenvalue weighted by Gasteiger charge is -2.15. The summed E-state index contributed by atoms with van der Waals surface area (Å²) in [5.74, 6) is -1.34. The van der Waals surface area contributed by atoms with Crippen molar-refractivity contribution in [2.75, 3.05) is 7.05 Å². The SMILES string of the molecule is C[NH+]([O-])c1ccc2c(c1)C(=O)OC2=O. The Kier molecular flexibility index (Phi) is 1.83. The molecule has 0 aromatic heterocycles. The number of carbonyl (C=O) groups excluding carboxylic acids is 2. The summed E-state index contributed by atoms with van der Waals surface area (Å²) in [6.07, 6.45) is 0. The summed E-state index contributed by atoms with van der Waals surface area (Å²) in [7, 11) is 1.39. The number of esters is 2. The fourth-order valence-electron chi connectivity index (χ4n) is 1.30. The van der Waals surface area contributed by atoms with E-state index in [4.69, 9.17) is 0 Å². The van der Waals surface area contributed by atoms with E-state index < -0.39 is 11.9 Å². The summed E-state index contributed by atoms with van der Waals surface area (Å²) in [5, 5.41) is 10.8. The van der Waals surface area contributed by atoms with Crippen LogP contribution in [0.15, 0.2) is 18.2 Å². The Bertz CT molecular complexity index is 425. The number of nitrogens with one attached hydrogen (secondary N) is 1. The molecule has 5 heteroatoms. The summed E-state index contributed by atoms with van der Waals surface area (Å²) in [4.78, 5) is 22.1. The molecule has 0 fully saturated rings. The second-order valence-electron chi connectivity index (χ2n) is 2.99. The van der Waals surface area contributed by atoms with Crippen molar-refractivity contribution in [2.45, 2.75) is 0 Å². The lowest BCUT2D eigenvalue weighted by molar-refractivity contribution is -0.751. The summed E-state index contributed by atoms with van der Waals surface area (Å²) < 4.78 is 4.38. The highest BCUT2D eigenvalue weighted by molar-refractivity contribution is 6.14. The summed E-state index contributed by atoms with van der Waals surface area (Å²) in [6, 6.07) is 4.31. The second kappa shape index (κ2) is 2.90. The van der Waals surface area contributed by atoms with Crippen LogP contribution in [0.3, 0.4) is 0 Å². The summed E-state index contributed by atoms with van der Waals surface area (Å²) >= 11 is 0. The van der Waals surface area contributed by atoms with Crippen molar-refractivity contribution in [3.63, 3.8) is 0 Å². The highest BCUT2D eigenvalue weighted by Gasteiger charge is 2.30. The Balaban J connectivity index is 2.55. The zero-order valence-electron chi connectivity index (χ0n) is 7.37. The molecule has 1 N–H and O–H groups in total. The zero-order chi connectivity index (χ0) is 10.3. The number of hydrogen-bond acceptors (Lipinski definition) is 4. The summed E-state index contributed by atoms with van der Waals surface area (Å²) in [5.41, 5.74) is 0.790. The van der Waals surface area contributed by atoms with Gasteiger partial charge in [-0.25, -0.2) is 9.59 Å². The molecule has 5 nitrogen and oxygen atoms in total. The first-order chi connectivity index (χ1) is 6.59. The van der Waals surface area contributed by atoms with Gasteiger partial charge < -0.3 is 15.0 Å². The molecule has 1 aromatic carbocycles. The highest BCUT2D eigenvalue weighted by atomic mass is 16.6. The van der Waals surface area contributed by atoms with Crippen LogP contribution in [0.4, 0.5) is 5.69 Å². The molecule has 1 aliphatic rings. The van der Waals surface area contributed by atoms with Crippen LogP contribution in [-0.2, 0) is 4.74 Å². The predicted molar refractivity (Wildman–Crippen MR) is 46.1 cm³/mol. The number of hydroxylamine groups is 1. The fraction of sp³-hybridized carbons (Fsp3) is 0.111. The molecule has 2 rings (SSSR count). The molecule has 0 amide bonds. The van der Waals surface area contributed by atoms with Crippen molar-refractivity contribution in [1.82, 2.24) is 0 Å². The standard InChI is InChI=1S/C9H7NO4/c1-10(13)5-2-3-6-7(4-5)9(12)14-8(6)11/h2-4,10H,1H3. The lowest BCUT2D eigenvalue weighted by atomic mass is 10.1. The van der Waals surface area contributed by atoms with Gasteiger partial charge in [0.25, 0.3) is 0 Å². The second-order valence-corrected chi connectivity index (χ2v) is 2.99. The van der Waals surface area contributed by atoms with Gasteiger partial charge in [0, 0.05) is 12.1 Å². The Morgan fingerprint density at radius 1 is 1.21 bits per heavy atom. The van der Waals surface area contributed by atoms with Crippen molar-refractivity contribution >= 4 is 17.6 Å². The topological polar surface area (TPSA) is 70.9 Å². The third-order valence-corrected chi connectivity index (χ3v) is 2.05.